The van der Waals surface area contributed by atoms with Gasteiger partial charge in [-0.15, -0.1) is 0 Å². The van der Waals surface area contributed by atoms with Crippen LogP contribution in [0.3, 0.4) is 0 Å². The second-order valence-corrected chi connectivity index (χ2v) is 7.43. The zero-order valence-electron chi connectivity index (χ0n) is 14.5. The number of aliphatic carboxylic acids is 1. The molecule has 3 rings (SSSR count). The fourth-order valence-electron chi connectivity index (χ4n) is 4.20. The van der Waals surface area contributed by atoms with Crippen molar-refractivity contribution in [1.82, 2.24) is 15.1 Å². The summed E-state index contributed by atoms with van der Waals surface area (Å²) in [5.74, 6) is -1.86. The molecule has 1 saturated carbocycles. The van der Waals surface area contributed by atoms with E-state index in [2.05, 4.69) is 5.32 Å². The van der Waals surface area contributed by atoms with Gasteiger partial charge in [-0.2, -0.15) is 0 Å². The number of imide groups is 1. The first kappa shape index (κ1) is 17.7. The van der Waals surface area contributed by atoms with E-state index in [0.29, 0.717) is 25.7 Å². The number of carboxylic acid groups (broad SMARTS) is 1. The van der Waals surface area contributed by atoms with Gasteiger partial charge in [-0.05, 0) is 32.6 Å². The summed E-state index contributed by atoms with van der Waals surface area (Å²) in [5, 5.41) is 12.0. The van der Waals surface area contributed by atoms with Gasteiger partial charge in [0.05, 0.1) is 5.92 Å². The summed E-state index contributed by atoms with van der Waals surface area (Å²) in [6.45, 7) is 2.14. The van der Waals surface area contributed by atoms with Crippen molar-refractivity contribution in [1.29, 1.82) is 0 Å². The summed E-state index contributed by atoms with van der Waals surface area (Å²) >= 11 is 0. The van der Waals surface area contributed by atoms with Crippen LogP contribution in [0.25, 0.3) is 0 Å². The SMILES string of the molecule is CC1CCC(C(=O)O)CN1C(=O)CCN1C(=O)NC2(CCCC2)C1=O. The quantitative estimate of drug-likeness (QED) is 0.734. The number of hydrogen-bond acceptors (Lipinski definition) is 4. The summed E-state index contributed by atoms with van der Waals surface area (Å²) in [7, 11) is 0. The van der Waals surface area contributed by atoms with E-state index in [4.69, 9.17) is 0 Å². The number of urea groups is 1. The Kier molecular flexibility index (Phi) is 4.71. The predicted molar refractivity (Wildman–Crippen MR) is 87.6 cm³/mol. The number of carbonyl (C=O) groups excluding carboxylic acids is 3. The average molecular weight is 351 g/mol. The second kappa shape index (κ2) is 6.65. The third-order valence-electron chi connectivity index (χ3n) is 5.80. The van der Waals surface area contributed by atoms with E-state index in [1.807, 2.05) is 6.92 Å². The standard InChI is InChI=1S/C17H25N3O5/c1-11-4-5-12(14(22)23)10-20(11)13(21)6-9-19-15(24)17(18-16(19)25)7-2-3-8-17/h11-12H,2-10H2,1H3,(H,18,25)(H,22,23). The van der Waals surface area contributed by atoms with Gasteiger partial charge in [-0.3, -0.25) is 19.3 Å². The summed E-state index contributed by atoms with van der Waals surface area (Å²) in [6.07, 6.45) is 4.40. The Labute approximate surface area is 146 Å². The van der Waals surface area contributed by atoms with Gasteiger partial charge < -0.3 is 15.3 Å². The molecule has 2 atom stereocenters. The summed E-state index contributed by atoms with van der Waals surface area (Å²) in [5.41, 5.74) is -0.757. The van der Waals surface area contributed by atoms with Gasteiger partial charge in [-0.1, -0.05) is 12.8 Å². The number of nitrogens with one attached hydrogen (secondary N) is 1. The minimum absolute atomic E-state index is 0.0209. The van der Waals surface area contributed by atoms with Crippen LogP contribution in [0.15, 0.2) is 0 Å². The first-order chi connectivity index (χ1) is 11.8. The minimum atomic E-state index is -0.887. The second-order valence-electron chi connectivity index (χ2n) is 7.43. The van der Waals surface area contributed by atoms with E-state index in [1.54, 1.807) is 4.90 Å². The Balaban J connectivity index is 1.59. The maximum atomic E-state index is 12.6. The summed E-state index contributed by atoms with van der Waals surface area (Å²) in [4.78, 5) is 51.1. The molecule has 1 spiro atoms. The molecular weight excluding hydrogens is 326 g/mol. The topological polar surface area (TPSA) is 107 Å². The molecule has 2 heterocycles. The number of carbonyl (C=O) groups is 4. The van der Waals surface area contributed by atoms with Gasteiger partial charge in [0.2, 0.25) is 5.91 Å². The minimum Gasteiger partial charge on any atom is -0.481 e. The van der Waals surface area contributed by atoms with Gasteiger partial charge in [-0.25, -0.2) is 4.79 Å². The molecule has 0 bridgehead atoms. The third-order valence-corrected chi connectivity index (χ3v) is 5.80. The molecule has 8 nitrogen and oxygen atoms in total. The Morgan fingerprint density at radius 1 is 1.24 bits per heavy atom. The Morgan fingerprint density at radius 2 is 1.92 bits per heavy atom. The van der Waals surface area contributed by atoms with Gasteiger partial charge in [0.15, 0.2) is 0 Å². The van der Waals surface area contributed by atoms with Gasteiger partial charge in [0.1, 0.15) is 5.54 Å². The lowest BCUT2D eigenvalue weighted by Gasteiger charge is -2.36. The van der Waals surface area contributed by atoms with Gasteiger partial charge in [0.25, 0.3) is 5.91 Å². The number of nitrogens with zero attached hydrogens (tertiary/aromatic N) is 2. The zero-order chi connectivity index (χ0) is 18.2. The van der Waals surface area contributed by atoms with Crippen molar-refractivity contribution in [2.75, 3.05) is 13.1 Å². The molecule has 25 heavy (non-hydrogen) atoms. The number of hydrogen-bond donors (Lipinski definition) is 2. The van der Waals surface area contributed by atoms with Crippen LogP contribution in [-0.2, 0) is 14.4 Å². The van der Waals surface area contributed by atoms with E-state index in [-0.39, 0.29) is 37.4 Å². The van der Waals surface area contributed by atoms with Gasteiger partial charge in [0, 0.05) is 25.6 Å². The molecule has 3 fully saturated rings. The van der Waals surface area contributed by atoms with Crippen molar-refractivity contribution >= 4 is 23.8 Å². The lowest BCUT2D eigenvalue weighted by atomic mass is 9.93. The third kappa shape index (κ3) is 3.21. The highest BCUT2D eigenvalue weighted by Crippen LogP contribution is 2.35. The number of piperidine rings is 1. The van der Waals surface area contributed by atoms with E-state index >= 15 is 0 Å². The molecule has 2 aliphatic heterocycles. The fraction of sp³-hybridized carbons (Fsp3) is 0.765. The van der Waals surface area contributed by atoms with Crippen molar-refractivity contribution in [3.05, 3.63) is 0 Å². The van der Waals surface area contributed by atoms with E-state index in [9.17, 15) is 24.3 Å². The van der Waals surface area contributed by atoms with Crippen LogP contribution < -0.4 is 5.32 Å². The smallest absolute Gasteiger partial charge is 0.325 e. The Bertz CT molecular complexity index is 599. The fourth-order valence-corrected chi connectivity index (χ4v) is 4.20. The van der Waals surface area contributed by atoms with Crippen LogP contribution in [0.4, 0.5) is 4.79 Å². The Hall–Kier alpha value is -2.12. The maximum absolute atomic E-state index is 12.6. The molecule has 4 amide bonds. The van der Waals surface area contributed by atoms with Crippen molar-refractivity contribution < 1.29 is 24.3 Å². The lowest BCUT2D eigenvalue weighted by molar-refractivity contribution is -0.147. The molecule has 2 N–H and O–H groups in total. The lowest BCUT2D eigenvalue weighted by Crippen LogP contribution is -2.48. The largest absolute Gasteiger partial charge is 0.481 e. The van der Waals surface area contributed by atoms with Crippen molar-refractivity contribution in [3.8, 4) is 0 Å². The van der Waals surface area contributed by atoms with Crippen molar-refractivity contribution in [2.45, 2.75) is 63.5 Å². The number of carboxylic acids is 1. The normalized spacial score (nSPS) is 28.5. The monoisotopic (exact) mass is 351 g/mol. The molecule has 0 aromatic heterocycles. The first-order valence-corrected chi connectivity index (χ1v) is 9.00. The van der Waals surface area contributed by atoms with Gasteiger partial charge >= 0.3 is 12.0 Å². The van der Waals surface area contributed by atoms with Crippen LogP contribution in [0.1, 0.15) is 51.9 Å². The number of rotatable bonds is 4. The molecule has 138 valence electrons. The van der Waals surface area contributed by atoms with Crippen LogP contribution in [0.2, 0.25) is 0 Å². The molecular formula is C17H25N3O5. The highest BCUT2D eigenvalue weighted by molar-refractivity contribution is 6.07. The molecule has 2 unspecified atom stereocenters. The van der Waals surface area contributed by atoms with E-state index in [1.165, 1.54) is 0 Å². The van der Waals surface area contributed by atoms with E-state index < -0.39 is 23.5 Å². The molecule has 0 aromatic carbocycles. The summed E-state index contributed by atoms with van der Waals surface area (Å²) in [6, 6.07) is -0.442. The highest BCUT2D eigenvalue weighted by Gasteiger charge is 2.52. The molecule has 0 radical (unpaired) electrons. The molecule has 8 heteroatoms. The number of likely N-dealkylation sites (tertiary alicyclic amines) is 1. The average Bonchev–Trinajstić information content (AvgIpc) is 3.12. The number of amides is 4. The zero-order valence-corrected chi connectivity index (χ0v) is 14.5. The molecule has 1 aliphatic carbocycles. The maximum Gasteiger partial charge on any atom is 0.325 e. The highest BCUT2D eigenvalue weighted by atomic mass is 16.4. The van der Waals surface area contributed by atoms with E-state index in [0.717, 1.165) is 17.7 Å². The van der Waals surface area contributed by atoms with Crippen LogP contribution in [0, 0.1) is 5.92 Å². The predicted octanol–water partition coefficient (Wildman–Crippen LogP) is 0.953. The van der Waals surface area contributed by atoms with Crippen LogP contribution in [0.5, 0.6) is 0 Å². The van der Waals surface area contributed by atoms with Crippen molar-refractivity contribution in [3.63, 3.8) is 0 Å². The molecule has 2 saturated heterocycles. The molecule has 3 aliphatic rings. The Morgan fingerprint density at radius 3 is 2.56 bits per heavy atom. The van der Waals surface area contributed by atoms with Crippen LogP contribution >= 0.6 is 0 Å². The first-order valence-electron chi connectivity index (χ1n) is 9.00. The van der Waals surface area contributed by atoms with Crippen LogP contribution in [-0.4, -0.2) is 63.4 Å². The van der Waals surface area contributed by atoms with Crippen molar-refractivity contribution in [2.24, 2.45) is 5.92 Å². The molecule has 0 aromatic rings. The summed E-state index contributed by atoms with van der Waals surface area (Å²) < 4.78 is 0.